The molecule has 2 rings (SSSR count). The van der Waals surface area contributed by atoms with Crippen LogP contribution in [0.2, 0.25) is 0 Å². The Kier molecular flexibility index (Phi) is 3.08. The average molecular weight is 202 g/mol. The Hall–Kier alpha value is -1.70. The van der Waals surface area contributed by atoms with Gasteiger partial charge in [0.05, 0.1) is 19.6 Å². The highest BCUT2D eigenvalue weighted by Gasteiger charge is 2.02. The highest BCUT2D eigenvalue weighted by atomic mass is 16.5. The van der Waals surface area contributed by atoms with Crippen molar-refractivity contribution >= 4 is 0 Å². The van der Waals surface area contributed by atoms with Crippen LogP contribution < -0.4 is 4.74 Å². The number of rotatable bonds is 4. The second kappa shape index (κ2) is 4.69. The first kappa shape index (κ1) is 9.84. The van der Waals surface area contributed by atoms with Crippen molar-refractivity contribution in [3.8, 4) is 5.75 Å². The zero-order valence-corrected chi connectivity index (χ0v) is 8.77. The number of hydrogen-bond donors (Lipinski definition) is 0. The van der Waals surface area contributed by atoms with Crippen molar-refractivity contribution in [3.05, 3.63) is 54.0 Å². The van der Waals surface area contributed by atoms with Crippen LogP contribution in [-0.4, -0.2) is 7.11 Å². The molecule has 0 saturated carbocycles. The molecule has 0 atom stereocenters. The fraction of sp³-hybridized carbons (Fsp3) is 0.231. The van der Waals surface area contributed by atoms with E-state index in [1.807, 2.05) is 24.3 Å². The predicted octanol–water partition coefficient (Wildman–Crippen LogP) is 3.07. The van der Waals surface area contributed by atoms with E-state index in [1.54, 1.807) is 19.6 Å². The summed E-state index contributed by atoms with van der Waals surface area (Å²) < 4.78 is 10.3. The minimum atomic E-state index is 0.959. The van der Waals surface area contributed by atoms with Crippen LogP contribution in [0, 0.1) is 0 Å². The fourth-order valence-corrected chi connectivity index (χ4v) is 1.62. The van der Waals surface area contributed by atoms with Gasteiger partial charge in [0, 0.05) is 0 Å². The lowest BCUT2D eigenvalue weighted by molar-refractivity contribution is 0.409. The van der Waals surface area contributed by atoms with Crippen LogP contribution in [0.3, 0.4) is 0 Å². The number of hydrogen-bond acceptors (Lipinski definition) is 2. The first-order valence-electron chi connectivity index (χ1n) is 5.03. The van der Waals surface area contributed by atoms with E-state index in [0.29, 0.717) is 0 Å². The minimum Gasteiger partial charge on any atom is -0.496 e. The van der Waals surface area contributed by atoms with Crippen molar-refractivity contribution in [2.24, 2.45) is 0 Å². The molecule has 0 N–H and O–H groups in total. The smallest absolute Gasteiger partial charge is 0.122 e. The summed E-state index contributed by atoms with van der Waals surface area (Å²) in [7, 11) is 1.71. The lowest BCUT2D eigenvalue weighted by Crippen LogP contribution is -1.94. The fourth-order valence-electron chi connectivity index (χ4n) is 1.62. The summed E-state index contributed by atoms with van der Waals surface area (Å²) in [6, 6.07) is 10.1. The van der Waals surface area contributed by atoms with Gasteiger partial charge in [-0.2, -0.15) is 0 Å². The van der Waals surface area contributed by atoms with Crippen molar-refractivity contribution in [1.29, 1.82) is 0 Å². The van der Waals surface area contributed by atoms with Crippen LogP contribution in [0.1, 0.15) is 11.1 Å². The SMILES string of the molecule is COc1ccccc1CCc1ccoc1. The van der Waals surface area contributed by atoms with E-state index < -0.39 is 0 Å². The highest BCUT2D eigenvalue weighted by molar-refractivity contribution is 5.33. The lowest BCUT2D eigenvalue weighted by Gasteiger charge is -2.06. The van der Waals surface area contributed by atoms with E-state index in [-0.39, 0.29) is 0 Å². The Labute approximate surface area is 89.5 Å². The summed E-state index contributed by atoms with van der Waals surface area (Å²) >= 11 is 0. The number of ether oxygens (including phenoxy) is 1. The summed E-state index contributed by atoms with van der Waals surface area (Å²) in [4.78, 5) is 0. The van der Waals surface area contributed by atoms with E-state index in [9.17, 15) is 0 Å². The second-order valence-electron chi connectivity index (χ2n) is 3.44. The first-order chi connectivity index (χ1) is 7.40. The molecule has 2 nitrogen and oxygen atoms in total. The van der Waals surface area contributed by atoms with Gasteiger partial charge >= 0.3 is 0 Å². The van der Waals surface area contributed by atoms with Crippen molar-refractivity contribution in [2.45, 2.75) is 12.8 Å². The molecule has 0 fully saturated rings. The third-order valence-electron chi connectivity index (χ3n) is 2.46. The van der Waals surface area contributed by atoms with Gasteiger partial charge in [-0.3, -0.25) is 0 Å². The molecule has 1 aromatic carbocycles. The summed E-state index contributed by atoms with van der Waals surface area (Å²) in [6.07, 6.45) is 5.45. The van der Waals surface area contributed by atoms with Crippen LogP contribution >= 0.6 is 0 Å². The molecule has 0 saturated heterocycles. The van der Waals surface area contributed by atoms with Gasteiger partial charge in [-0.15, -0.1) is 0 Å². The van der Waals surface area contributed by atoms with Gasteiger partial charge in [0.1, 0.15) is 5.75 Å². The van der Waals surface area contributed by atoms with Crippen LogP contribution in [0.4, 0.5) is 0 Å². The second-order valence-corrected chi connectivity index (χ2v) is 3.44. The van der Waals surface area contributed by atoms with Gasteiger partial charge in [-0.05, 0) is 36.1 Å². The molecule has 0 bridgehead atoms. The molecule has 0 spiro atoms. The number of methoxy groups -OCH3 is 1. The molecule has 2 aromatic rings. The van der Waals surface area contributed by atoms with Gasteiger partial charge in [-0.25, -0.2) is 0 Å². The molecular weight excluding hydrogens is 188 g/mol. The van der Waals surface area contributed by atoms with E-state index in [4.69, 9.17) is 9.15 Å². The Morgan fingerprint density at radius 3 is 2.73 bits per heavy atom. The zero-order chi connectivity index (χ0) is 10.5. The monoisotopic (exact) mass is 202 g/mol. The molecule has 0 amide bonds. The lowest BCUT2D eigenvalue weighted by atomic mass is 10.1. The standard InChI is InChI=1S/C13H14O2/c1-14-13-5-3-2-4-12(13)7-6-11-8-9-15-10-11/h2-5,8-10H,6-7H2,1H3. The van der Waals surface area contributed by atoms with Crippen LogP contribution in [0.5, 0.6) is 5.75 Å². The van der Waals surface area contributed by atoms with E-state index in [1.165, 1.54) is 11.1 Å². The Balaban J connectivity index is 2.04. The summed E-state index contributed by atoms with van der Waals surface area (Å²) in [5.41, 5.74) is 2.46. The average Bonchev–Trinajstić information content (AvgIpc) is 2.79. The molecular formula is C13H14O2. The van der Waals surface area contributed by atoms with Crippen molar-refractivity contribution in [1.82, 2.24) is 0 Å². The van der Waals surface area contributed by atoms with Gasteiger partial charge in [0.2, 0.25) is 0 Å². The molecule has 0 aliphatic heterocycles. The quantitative estimate of drug-likeness (QED) is 0.760. The minimum absolute atomic E-state index is 0.959. The Morgan fingerprint density at radius 2 is 2.00 bits per heavy atom. The molecule has 1 heterocycles. The van der Waals surface area contributed by atoms with Crippen molar-refractivity contribution in [3.63, 3.8) is 0 Å². The van der Waals surface area contributed by atoms with Gasteiger partial charge in [0.25, 0.3) is 0 Å². The number of aryl methyl sites for hydroxylation is 2. The molecule has 0 aliphatic rings. The third-order valence-corrected chi connectivity index (χ3v) is 2.46. The number of para-hydroxylation sites is 1. The van der Waals surface area contributed by atoms with Gasteiger partial charge < -0.3 is 9.15 Å². The van der Waals surface area contributed by atoms with Gasteiger partial charge in [0.15, 0.2) is 0 Å². The van der Waals surface area contributed by atoms with E-state index in [0.717, 1.165) is 18.6 Å². The van der Waals surface area contributed by atoms with Crippen molar-refractivity contribution < 1.29 is 9.15 Å². The molecule has 0 aliphatic carbocycles. The Morgan fingerprint density at radius 1 is 1.13 bits per heavy atom. The molecule has 0 radical (unpaired) electrons. The maximum Gasteiger partial charge on any atom is 0.122 e. The highest BCUT2D eigenvalue weighted by Crippen LogP contribution is 2.19. The topological polar surface area (TPSA) is 22.4 Å². The molecule has 0 unspecified atom stereocenters. The molecule has 15 heavy (non-hydrogen) atoms. The number of benzene rings is 1. The molecule has 1 aromatic heterocycles. The Bertz CT molecular complexity index is 404. The van der Waals surface area contributed by atoms with Crippen LogP contribution in [-0.2, 0) is 12.8 Å². The van der Waals surface area contributed by atoms with Gasteiger partial charge in [-0.1, -0.05) is 18.2 Å². The van der Waals surface area contributed by atoms with Crippen molar-refractivity contribution in [2.75, 3.05) is 7.11 Å². The maximum atomic E-state index is 5.29. The summed E-state index contributed by atoms with van der Waals surface area (Å²) in [6.45, 7) is 0. The summed E-state index contributed by atoms with van der Waals surface area (Å²) in [5.74, 6) is 0.959. The van der Waals surface area contributed by atoms with Crippen LogP contribution in [0.15, 0.2) is 47.3 Å². The first-order valence-corrected chi connectivity index (χ1v) is 5.03. The molecule has 2 heteroatoms. The largest absolute Gasteiger partial charge is 0.496 e. The predicted molar refractivity (Wildman–Crippen MR) is 59.1 cm³/mol. The van der Waals surface area contributed by atoms with Crippen LogP contribution in [0.25, 0.3) is 0 Å². The summed E-state index contributed by atoms with van der Waals surface area (Å²) in [5, 5.41) is 0. The molecule has 78 valence electrons. The van der Waals surface area contributed by atoms with E-state index in [2.05, 4.69) is 6.07 Å². The third kappa shape index (κ3) is 2.40. The zero-order valence-electron chi connectivity index (χ0n) is 8.77. The number of furan rings is 1. The maximum absolute atomic E-state index is 5.29. The normalized spacial score (nSPS) is 10.2. The van der Waals surface area contributed by atoms with E-state index >= 15 is 0 Å².